The summed E-state index contributed by atoms with van der Waals surface area (Å²) in [7, 11) is 0. The monoisotopic (exact) mass is 506 g/mol. The first-order valence-electron chi connectivity index (χ1n) is 12.4. The van der Waals surface area contributed by atoms with E-state index >= 15 is 0 Å². The van der Waals surface area contributed by atoms with Crippen molar-refractivity contribution in [3.8, 4) is 5.75 Å². The summed E-state index contributed by atoms with van der Waals surface area (Å²) < 4.78 is 5.96. The molecule has 0 saturated carbocycles. The van der Waals surface area contributed by atoms with E-state index in [2.05, 4.69) is 5.32 Å². The fourth-order valence-electron chi connectivity index (χ4n) is 3.88. The van der Waals surface area contributed by atoms with Gasteiger partial charge in [0.1, 0.15) is 11.8 Å². The van der Waals surface area contributed by atoms with Crippen LogP contribution in [0.1, 0.15) is 42.5 Å². The molecule has 3 aromatic carbocycles. The molecule has 0 heterocycles. The van der Waals surface area contributed by atoms with Gasteiger partial charge < -0.3 is 15.0 Å². The summed E-state index contributed by atoms with van der Waals surface area (Å²) in [6.45, 7) is 8.06. The van der Waals surface area contributed by atoms with Crippen molar-refractivity contribution < 1.29 is 14.3 Å². The van der Waals surface area contributed by atoms with Crippen molar-refractivity contribution in [2.75, 3.05) is 6.61 Å². The van der Waals surface area contributed by atoms with Gasteiger partial charge in [-0.15, -0.1) is 0 Å². The van der Waals surface area contributed by atoms with E-state index in [0.717, 1.165) is 28.7 Å². The van der Waals surface area contributed by atoms with Crippen LogP contribution in [0.5, 0.6) is 5.75 Å². The van der Waals surface area contributed by atoms with Crippen LogP contribution in [0.25, 0.3) is 0 Å². The Hall–Kier alpha value is -3.31. The molecular weight excluding hydrogens is 472 g/mol. The lowest BCUT2D eigenvalue weighted by atomic mass is 10.0. The van der Waals surface area contributed by atoms with Gasteiger partial charge in [0.05, 0.1) is 0 Å². The van der Waals surface area contributed by atoms with Gasteiger partial charge in [-0.2, -0.15) is 0 Å². The average Bonchev–Trinajstić information content (AvgIpc) is 2.88. The Bertz CT molecular complexity index is 1150. The van der Waals surface area contributed by atoms with E-state index in [4.69, 9.17) is 16.3 Å². The molecule has 1 N–H and O–H groups in total. The molecule has 190 valence electrons. The van der Waals surface area contributed by atoms with Crippen LogP contribution in [0.15, 0.2) is 72.8 Å². The molecule has 0 unspecified atom stereocenters. The second kappa shape index (κ2) is 13.1. The van der Waals surface area contributed by atoms with Crippen molar-refractivity contribution in [1.29, 1.82) is 0 Å². The first kappa shape index (κ1) is 27.3. The number of carbonyl (C=O) groups is 2. The standard InChI is InChI=1S/C30H35ClN2O3/c1-5-22(3)32-30(35)27(18-24-11-7-6-8-12-24)33(19-25-14-16-26(31)17-15-25)29(34)20-36-28-13-9-10-21(2)23(28)4/h6-17,22,27H,5,18-20H2,1-4H3,(H,32,35)/t22-,27-/m1/s1. The quantitative estimate of drug-likeness (QED) is 0.352. The van der Waals surface area contributed by atoms with Gasteiger partial charge in [0.2, 0.25) is 5.91 Å². The fraction of sp³-hybridized carbons (Fsp3) is 0.333. The minimum atomic E-state index is -0.702. The van der Waals surface area contributed by atoms with Crippen molar-refractivity contribution in [3.63, 3.8) is 0 Å². The van der Waals surface area contributed by atoms with Crippen LogP contribution in [-0.4, -0.2) is 35.4 Å². The van der Waals surface area contributed by atoms with E-state index < -0.39 is 6.04 Å². The Morgan fingerprint density at radius 2 is 1.64 bits per heavy atom. The van der Waals surface area contributed by atoms with Gasteiger partial charge in [0.15, 0.2) is 6.61 Å². The predicted molar refractivity (Wildman–Crippen MR) is 145 cm³/mol. The second-order valence-electron chi connectivity index (χ2n) is 9.16. The van der Waals surface area contributed by atoms with Crippen LogP contribution < -0.4 is 10.1 Å². The first-order valence-corrected chi connectivity index (χ1v) is 12.7. The molecular formula is C30H35ClN2O3. The first-order chi connectivity index (χ1) is 17.3. The van der Waals surface area contributed by atoms with Crippen LogP contribution in [0.2, 0.25) is 5.02 Å². The van der Waals surface area contributed by atoms with E-state index in [1.807, 2.05) is 88.4 Å². The lowest BCUT2D eigenvalue weighted by Gasteiger charge is -2.32. The Balaban J connectivity index is 1.92. The fourth-order valence-corrected chi connectivity index (χ4v) is 4.01. The molecule has 0 spiro atoms. The van der Waals surface area contributed by atoms with Gasteiger partial charge in [-0.25, -0.2) is 0 Å². The molecule has 0 aliphatic heterocycles. The summed E-state index contributed by atoms with van der Waals surface area (Å²) in [4.78, 5) is 28.8. The molecule has 0 fully saturated rings. The summed E-state index contributed by atoms with van der Waals surface area (Å²) in [5.74, 6) is 0.229. The number of amides is 2. The highest BCUT2D eigenvalue weighted by Gasteiger charge is 2.31. The molecule has 0 bridgehead atoms. The zero-order valence-corrected chi connectivity index (χ0v) is 22.2. The van der Waals surface area contributed by atoms with Crippen molar-refractivity contribution in [2.45, 2.75) is 59.2 Å². The topological polar surface area (TPSA) is 58.6 Å². The summed E-state index contributed by atoms with van der Waals surface area (Å²) in [6, 6.07) is 22.2. The molecule has 2 amide bonds. The van der Waals surface area contributed by atoms with E-state index in [9.17, 15) is 9.59 Å². The highest BCUT2D eigenvalue weighted by molar-refractivity contribution is 6.30. The highest BCUT2D eigenvalue weighted by atomic mass is 35.5. The SMILES string of the molecule is CC[C@@H](C)NC(=O)[C@@H](Cc1ccccc1)N(Cc1ccc(Cl)cc1)C(=O)COc1cccc(C)c1C. The summed E-state index contributed by atoms with van der Waals surface area (Å²) in [6.07, 6.45) is 1.19. The van der Waals surface area contributed by atoms with E-state index in [1.165, 1.54) is 0 Å². The Morgan fingerprint density at radius 3 is 2.31 bits per heavy atom. The van der Waals surface area contributed by atoms with Gasteiger partial charge in [0.25, 0.3) is 5.91 Å². The normalized spacial score (nSPS) is 12.5. The number of halogens is 1. The molecule has 3 aromatic rings. The van der Waals surface area contributed by atoms with Gasteiger partial charge in [0, 0.05) is 24.0 Å². The summed E-state index contributed by atoms with van der Waals surface area (Å²) in [5.41, 5.74) is 3.94. The number of hydrogen-bond acceptors (Lipinski definition) is 3. The van der Waals surface area contributed by atoms with Crippen LogP contribution in [0.3, 0.4) is 0 Å². The van der Waals surface area contributed by atoms with Crippen molar-refractivity contribution >= 4 is 23.4 Å². The molecule has 3 rings (SSSR count). The number of hydrogen-bond donors (Lipinski definition) is 1. The molecule has 5 nitrogen and oxygen atoms in total. The van der Waals surface area contributed by atoms with Gasteiger partial charge >= 0.3 is 0 Å². The third kappa shape index (κ3) is 7.59. The van der Waals surface area contributed by atoms with Crippen molar-refractivity contribution in [2.24, 2.45) is 0 Å². The average molecular weight is 507 g/mol. The predicted octanol–water partition coefficient (Wildman–Crippen LogP) is 5.89. The molecule has 0 radical (unpaired) electrons. The zero-order chi connectivity index (χ0) is 26.1. The maximum Gasteiger partial charge on any atom is 0.261 e. The van der Waals surface area contributed by atoms with E-state index in [0.29, 0.717) is 17.2 Å². The molecule has 0 aromatic heterocycles. The lowest BCUT2D eigenvalue weighted by Crippen LogP contribution is -2.53. The van der Waals surface area contributed by atoms with Gasteiger partial charge in [-0.3, -0.25) is 9.59 Å². The molecule has 0 saturated heterocycles. The van der Waals surface area contributed by atoms with Crippen molar-refractivity contribution in [3.05, 3.63) is 100 Å². The lowest BCUT2D eigenvalue weighted by molar-refractivity contribution is -0.143. The second-order valence-corrected chi connectivity index (χ2v) is 9.59. The Morgan fingerprint density at radius 1 is 0.944 bits per heavy atom. The largest absolute Gasteiger partial charge is 0.483 e. The number of nitrogens with one attached hydrogen (secondary N) is 1. The smallest absolute Gasteiger partial charge is 0.261 e. The number of carbonyl (C=O) groups excluding carboxylic acids is 2. The minimum absolute atomic E-state index is 0.00514. The van der Waals surface area contributed by atoms with Crippen molar-refractivity contribution in [1.82, 2.24) is 10.2 Å². The molecule has 2 atom stereocenters. The third-order valence-corrected chi connectivity index (χ3v) is 6.70. The Kier molecular flexibility index (Phi) is 9.95. The van der Waals surface area contributed by atoms with E-state index in [-0.39, 0.29) is 31.0 Å². The van der Waals surface area contributed by atoms with Crippen LogP contribution in [-0.2, 0) is 22.6 Å². The summed E-state index contributed by atoms with van der Waals surface area (Å²) in [5, 5.41) is 3.69. The van der Waals surface area contributed by atoms with Gasteiger partial charge in [-0.05, 0) is 67.6 Å². The molecule has 6 heteroatoms. The number of aryl methyl sites for hydroxylation is 1. The highest BCUT2D eigenvalue weighted by Crippen LogP contribution is 2.22. The van der Waals surface area contributed by atoms with Crippen LogP contribution in [0, 0.1) is 13.8 Å². The maximum atomic E-state index is 13.7. The molecule has 0 aliphatic carbocycles. The zero-order valence-electron chi connectivity index (χ0n) is 21.5. The van der Waals surface area contributed by atoms with E-state index in [1.54, 1.807) is 17.0 Å². The molecule has 36 heavy (non-hydrogen) atoms. The van der Waals surface area contributed by atoms with Crippen LogP contribution >= 0.6 is 11.6 Å². The Labute approximate surface area is 219 Å². The maximum absolute atomic E-state index is 13.7. The number of nitrogens with zero attached hydrogens (tertiary/aromatic N) is 1. The number of rotatable bonds is 11. The van der Waals surface area contributed by atoms with Crippen LogP contribution in [0.4, 0.5) is 0 Å². The number of ether oxygens (including phenoxy) is 1. The number of benzene rings is 3. The molecule has 0 aliphatic rings. The summed E-state index contributed by atoms with van der Waals surface area (Å²) >= 11 is 6.08. The third-order valence-electron chi connectivity index (χ3n) is 6.44. The van der Waals surface area contributed by atoms with Gasteiger partial charge in [-0.1, -0.05) is 73.1 Å². The minimum Gasteiger partial charge on any atom is -0.483 e.